The summed E-state index contributed by atoms with van der Waals surface area (Å²) in [6.07, 6.45) is 0. The van der Waals surface area contributed by atoms with Gasteiger partial charge in [0, 0.05) is 11.3 Å². The summed E-state index contributed by atoms with van der Waals surface area (Å²) in [6.45, 7) is 6.50. The number of benzene rings is 1. The van der Waals surface area contributed by atoms with Crippen LogP contribution >= 0.6 is 11.6 Å². The molecule has 3 aromatic rings. The number of aryl methyl sites for hydroxylation is 2. The van der Waals surface area contributed by atoms with Gasteiger partial charge in [0.2, 0.25) is 0 Å². The molecule has 0 bridgehead atoms. The Hall–Kier alpha value is -2.14. The molecule has 0 aliphatic rings. The molecule has 0 radical (unpaired) electrons. The van der Waals surface area contributed by atoms with Crippen molar-refractivity contribution in [2.45, 2.75) is 20.8 Å². The van der Waals surface area contributed by atoms with Gasteiger partial charge in [-0.05, 0) is 45.0 Å². The van der Waals surface area contributed by atoms with E-state index in [1.165, 1.54) is 0 Å². The maximum atomic E-state index is 6.15. The summed E-state index contributed by atoms with van der Waals surface area (Å²) in [5, 5.41) is 8.76. The van der Waals surface area contributed by atoms with Gasteiger partial charge >= 0.3 is 0 Å². The molecule has 2 aromatic heterocycles. The van der Waals surface area contributed by atoms with Crippen LogP contribution in [0.2, 0.25) is 5.15 Å². The van der Waals surface area contributed by atoms with E-state index in [9.17, 15) is 0 Å². The van der Waals surface area contributed by atoms with Crippen LogP contribution in [0.1, 0.15) is 18.3 Å². The van der Waals surface area contributed by atoms with Crippen LogP contribution in [0.5, 0.6) is 5.75 Å². The van der Waals surface area contributed by atoms with E-state index in [-0.39, 0.29) is 0 Å². The van der Waals surface area contributed by atoms with Gasteiger partial charge in [-0.3, -0.25) is 4.40 Å². The van der Waals surface area contributed by atoms with Crippen molar-refractivity contribution in [2.24, 2.45) is 0 Å². The van der Waals surface area contributed by atoms with Crippen LogP contribution < -0.4 is 4.74 Å². The number of rotatable bonds is 3. The van der Waals surface area contributed by atoms with Crippen molar-refractivity contribution in [2.75, 3.05) is 6.61 Å². The molecule has 0 spiro atoms. The fraction of sp³-hybridized carbons (Fsp3) is 0.267. The highest BCUT2D eigenvalue weighted by Gasteiger charge is 2.15. The van der Waals surface area contributed by atoms with Crippen LogP contribution in [0, 0.1) is 13.8 Å². The minimum Gasteiger partial charge on any atom is -0.494 e. The first-order valence-corrected chi connectivity index (χ1v) is 7.10. The molecular formula is C15H15ClN4O. The molecule has 0 fully saturated rings. The van der Waals surface area contributed by atoms with Crippen LogP contribution in [0.15, 0.2) is 24.3 Å². The molecule has 0 aliphatic heterocycles. The number of hydrogen-bond donors (Lipinski definition) is 0. The predicted molar refractivity (Wildman–Crippen MR) is 81.9 cm³/mol. The van der Waals surface area contributed by atoms with E-state index in [1.54, 1.807) is 0 Å². The fourth-order valence-corrected chi connectivity index (χ4v) is 2.48. The average Bonchev–Trinajstić information content (AvgIpc) is 2.91. The van der Waals surface area contributed by atoms with E-state index >= 15 is 0 Å². The smallest absolute Gasteiger partial charge is 0.199 e. The lowest BCUT2D eigenvalue weighted by Crippen LogP contribution is -2.01. The third-order valence-electron chi connectivity index (χ3n) is 3.40. The van der Waals surface area contributed by atoms with Crippen LogP contribution in [0.4, 0.5) is 0 Å². The predicted octanol–water partition coefficient (Wildman–Crippen LogP) is 3.46. The Morgan fingerprint density at radius 2 is 1.86 bits per heavy atom. The van der Waals surface area contributed by atoms with Gasteiger partial charge in [0.25, 0.3) is 0 Å². The fourth-order valence-electron chi connectivity index (χ4n) is 2.23. The van der Waals surface area contributed by atoms with Gasteiger partial charge in [-0.25, -0.2) is 4.98 Å². The summed E-state index contributed by atoms with van der Waals surface area (Å²) in [5.74, 6) is 1.58. The second-order valence-electron chi connectivity index (χ2n) is 4.71. The zero-order chi connectivity index (χ0) is 15.0. The van der Waals surface area contributed by atoms with Crippen molar-refractivity contribution >= 4 is 17.2 Å². The standard InChI is InChI=1S/C15H15ClN4O/c1-4-21-12-7-5-11(6-8-12)14-18-19-15-13(16)17-9(2)10(3)20(14)15/h5-8H,4H2,1-3H3. The normalized spacial score (nSPS) is 11.0. The molecular weight excluding hydrogens is 288 g/mol. The van der Waals surface area contributed by atoms with E-state index in [1.807, 2.05) is 49.4 Å². The lowest BCUT2D eigenvalue weighted by Gasteiger charge is -2.08. The van der Waals surface area contributed by atoms with Crippen molar-refractivity contribution in [3.63, 3.8) is 0 Å². The Morgan fingerprint density at radius 1 is 1.14 bits per heavy atom. The minimum absolute atomic E-state index is 0.364. The molecule has 0 saturated heterocycles. The maximum absolute atomic E-state index is 6.15. The Kier molecular flexibility index (Phi) is 3.51. The molecule has 0 atom stereocenters. The summed E-state index contributed by atoms with van der Waals surface area (Å²) in [5.41, 5.74) is 3.36. The summed E-state index contributed by atoms with van der Waals surface area (Å²) < 4.78 is 7.38. The Bertz CT molecular complexity index is 796. The Balaban J connectivity index is 2.16. The van der Waals surface area contributed by atoms with Crippen LogP contribution in [-0.4, -0.2) is 26.2 Å². The summed E-state index contributed by atoms with van der Waals surface area (Å²) in [7, 11) is 0. The van der Waals surface area contributed by atoms with Crippen molar-refractivity contribution in [1.29, 1.82) is 0 Å². The van der Waals surface area contributed by atoms with E-state index < -0.39 is 0 Å². The lowest BCUT2D eigenvalue weighted by atomic mass is 10.2. The van der Waals surface area contributed by atoms with Gasteiger partial charge in [0.15, 0.2) is 16.6 Å². The summed E-state index contributed by atoms with van der Waals surface area (Å²) in [6, 6.07) is 7.77. The van der Waals surface area contributed by atoms with E-state index in [0.29, 0.717) is 17.4 Å². The molecule has 0 saturated carbocycles. The molecule has 0 N–H and O–H groups in total. The third-order valence-corrected chi connectivity index (χ3v) is 3.65. The molecule has 0 amide bonds. The molecule has 5 nitrogen and oxygen atoms in total. The SMILES string of the molecule is CCOc1ccc(-c2nnc3c(Cl)nc(C)c(C)n23)cc1. The second-order valence-corrected chi connectivity index (χ2v) is 5.07. The lowest BCUT2D eigenvalue weighted by molar-refractivity contribution is 0.340. The summed E-state index contributed by atoms with van der Waals surface area (Å²) >= 11 is 6.15. The molecule has 3 rings (SSSR count). The van der Waals surface area contributed by atoms with Crippen LogP contribution in [-0.2, 0) is 0 Å². The van der Waals surface area contributed by atoms with Crippen LogP contribution in [0.3, 0.4) is 0 Å². The van der Waals surface area contributed by atoms with Crippen molar-refractivity contribution in [1.82, 2.24) is 19.6 Å². The second kappa shape index (κ2) is 5.33. The van der Waals surface area contributed by atoms with Crippen molar-refractivity contribution in [3.05, 3.63) is 40.8 Å². The molecule has 0 aliphatic carbocycles. The maximum Gasteiger partial charge on any atom is 0.199 e. The minimum atomic E-state index is 0.364. The van der Waals surface area contributed by atoms with Gasteiger partial charge in [0.05, 0.1) is 12.3 Å². The zero-order valence-corrected chi connectivity index (χ0v) is 12.8. The quantitative estimate of drug-likeness (QED) is 0.743. The number of halogens is 1. The van der Waals surface area contributed by atoms with E-state index in [0.717, 1.165) is 28.5 Å². The van der Waals surface area contributed by atoms with E-state index in [2.05, 4.69) is 15.2 Å². The molecule has 6 heteroatoms. The molecule has 108 valence electrons. The van der Waals surface area contributed by atoms with Gasteiger partial charge in [-0.2, -0.15) is 0 Å². The van der Waals surface area contributed by atoms with Crippen molar-refractivity contribution in [3.8, 4) is 17.1 Å². The highest BCUT2D eigenvalue weighted by molar-refractivity contribution is 6.32. The van der Waals surface area contributed by atoms with E-state index in [4.69, 9.17) is 16.3 Å². The molecule has 1 aromatic carbocycles. The topological polar surface area (TPSA) is 52.3 Å². The largest absolute Gasteiger partial charge is 0.494 e. The first-order valence-electron chi connectivity index (χ1n) is 6.73. The number of aromatic nitrogens is 4. The van der Waals surface area contributed by atoms with Crippen LogP contribution in [0.25, 0.3) is 17.0 Å². The number of fused-ring (bicyclic) bond motifs is 1. The number of nitrogens with zero attached hydrogens (tertiary/aromatic N) is 4. The monoisotopic (exact) mass is 302 g/mol. The van der Waals surface area contributed by atoms with Gasteiger partial charge in [-0.1, -0.05) is 11.6 Å². The zero-order valence-electron chi connectivity index (χ0n) is 12.1. The summed E-state index contributed by atoms with van der Waals surface area (Å²) in [4.78, 5) is 4.27. The van der Waals surface area contributed by atoms with Gasteiger partial charge < -0.3 is 4.74 Å². The number of ether oxygens (including phenoxy) is 1. The highest BCUT2D eigenvalue weighted by Crippen LogP contribution is 2.25. The Morgan fingerprint density at radius 3 is 2.52 bits per heavy atom. The Labute approximate surface area is 127 Å². The first-order chi connectivity index (χ1) is 10.1. The average molecular weight is 303 g/mol. The molecule has 0 unspecified atom stereocenters. The first kappa shape index (κ1) is 13.8. The van der Waals surface area contributed by atoms with Gasteiger partial charge in [0.1, 0.15) is 5.75 Å². The van der Waals surface area contributed by atoms with Gasteiger partial charge in [-0.15, -0.1) is 10.2 Å². The molecule has 2 heterocycles. The third kappa shape index (κ3) is 2.34. The van der Waals surface area contributed by atoms with Crippen molar-refractivity contribution < 1.29 is 4.74 Å². The molecule has 21 heavy (non-hydrogen) atoms. The highest BCUT2D eigenvalue weighted by atomic mass is 35.5. The number of hydrogen-bond acceptors (Lipinski definition) is 4.